The third-order valence-electron chi connectivity index (χ3n) is 1.35. The lowest BCUT2D eigenvalue weighted by Gasteiger charge is -2.04. The molecule has 0 aliphatic rings. The average Bonchev–Trinajstić information content (AvgIpc) is 1.88. The molecule has 1 aromatic rings. The van der Waals surface area contributed by atoms with E-state index in [0.29, 0.717) is 0 Å². The molecule has 0 amide bonds. The Morgan fingerprint density at radius 2 is 2.40 bits per heavy atom. The Labute approximate surface area is 60.5 Å². The normalized spacial score (nSPS) is 10.3. The van der Waals surface area contributed by atoms with E-state index in [0.717, 1.165) is 5.56 Å². The molecule has 53 valence electrons. The van der Waals surface area contributed by atoms with Gasteiger partial charge in [0, 0.05) is 11.8 Å². The first kappa shape index (κ1) is 7.06. The van der Waals surface area contributed by atoms with E-state index in [9.17, 15) is 0 Å². The number of aromatic hydroxyl groups is 1. The summed E-state index contributed by atoms with van der Waals surface area (Å²) < 4.78 is 0. The molecule has 1 aromatic heterocycles. The first-order valence-electron chi connectivity index (χ1n) is 3.19. The second kappa shape index (κ2) is 2.69. The summed E-state index contributed by atoms with van der Waals surface area (Å²) in [5.41, 5.74) is 0.794. The second-order valence-corrected chi connectivity index (χ2v) is 2.32. The van der Waals surface area contributed by atoms with E-state index >= 15 is 0 Å². The van der Waals surface area contributed by atoms with Crippen LogP contribution in [0.2, 0.25) is 0 Å². The Morgan fingerprint density at radius 1 is 1.70 bits per heavy atom. The monoisotopic (exact) mass is 136 g/mol. The third kappa shape index (κ3) is 1.26. The Balaban J connectivity index is 3.03. The molecule has 1 heterocycles. The maximum atomic E-state index is 9.13. The number of nitrogens with zero attached hydrogens (tertiary/aromatic N) is 1. The number of hydrogen-bond donors (Lipinski definition) is 1. The van der Waals surface area contributed by atoms with Gasteiger partial charge in [0.2, 0.25) is 5.88 Å². The van der Waals surface area contributed by atoms with Gasteiger partial charge >= 0.3 is 0 Å². The minimum Gasteiger partial charge on any atom is -0.493 e. The highest BCUT2D eigenvalue weighted by molar-refractivity contribution is 5.27. The molecule has 0 saturated heterocycles. The maximum absolute atomic E-state index is 9.13. The van der Waals surface area contributed by atoms with Crippen LogP contribution in [0, 0.1) is 6.92 Å². The largest absolute Gasteiger partial charge is 0.493 e. The Kier molecular flexibility index (Phi) is 1.90. The van der Waals surface area contributed by atoms with E-state index < -0.39 is 0 Å². The van der Waals surface area contributed by atoms with Gasteiger partial charge in [0.1, 0.15) is 0 Å². The molecule has 2 nitrogen and oxygen atoms in total. The Morgan fingerprint density at radius 3 is 2.80 bits per heavy atom. The van der Waals surface area contributed by atoms with Crippen LogP contribution in [0.1, 0.15) is 18.4 Å². The average molecular weight is 136 g/mol. The summed E-state index contributed by atoms with van der Waals surface area (Å²) in [6.45, 7) is 5.68. The first-order valence-corrected chi connectivity index (χ1v) is 3.19. The Bertz CT molecular complexity index is 220. The van der Waals surface area contributed by atoms with E-state index in [-0.39, 0.29) is 11.8 Å². The van der Waals surface area contributed by atoms with Crippen molar-refractivity contribution in [3.05, 3.63) is 30.8 Å². The molecule has 0 fully saturated rings. The highest BCUT2D eigenvalue weighted by Crippen LogP contribution is 2.20. The number of pyridine rings is 1. The van der Waals surface area contributed by atoms with Crippen molar-refractivity contribution in [2.24, 2.45) is 0 Å². The zero-order valence-corrected chi connectivity index (χ0v) is 5.91. The standard InChI is InChI=1S/C8H10NO/c1-6(2)7-4-3-5-9-8(7)10/h3-6H,1H2,2H3,(H,9,10). The van der Waals surface area contributed by atoms with Gasteiger partial charge in [-0.15, -0.1) is 0 Å². The van der Waals surface area contributed by atoms with Crippen LogP contribution in [0.3, 0.4) is 0 Å². The molecule has 0 aromatic carbocycles. The molecular weight excluding hydrogens is 126 g/mol. The smallest absolute Gasteiger partial charge is 0.214 e. The van der Waals surface area contributed by atoms with Crippen molar-refractivity contribution in [2.75, 3.05) is 0 Å². The molecule has 10 heavy (non-hydrogen) atoms. The predicted octanol–water partition coefficient (Wildman–Crippen LogP) is 1.72. The summed E-state index contributed by atoms with van der Waals surface area (Å²) in [5.74, 6) is 0.179. The summed E-state index contributed by atoms with van der Waals surface area (Å²) in [5, 5.41) is 9.13. The fourth-order valence-electron chi connectivity index (χ4n) is 0.794. The van der Waals surface area contributed by atoms with E-state index in [2.05, 4.69) is 11.9 Å². The second-order valence-electron chi connectivity index (χ2n) is 2.32. The molecule has 0 aliphatic carbocycles. The van der Waals surface area contributed by atoms with Crippen molar-refractivity contribution in [1.29, 1.82) is 0 Å². The van der Waals surface area contributed by atoms with Crippen molar-refractivity contribution < 1.29 is 5.11 Å². The molecule has 1 radical (unpaired) electrons. The summed E-state index contributed by atoms with van der Waals surface area (Å²) >= 11 is 0. The van der Waals surface area contributed by atoms with Crippen molar-refractivity contribution in [1.82, 2.24) is 4.98 Å². The molecule has 2 heteroatoms. The first-order chi connectivity index (χ1) is 4.72. The van der Waals surface area contributed by atoms with Crippen LogP contribution in [0.15, 0.2) is 18.3 Å². The summed E-state index contributed by atoms with van der Waals surface area (Å²) in [7, 11) is 0. The lowest BCUT2D eigenvalue weighted by molar-refractivity contribution is 0.444. The van der Waals surface area contributed by atoms with Crippen molar-refractivity contribution >= 4 is 0 Å². The van der Waals surface area contributed by atoms with Crippen LogP contribution in [0.5, 0.6) is 5.88 Å². The van der Waals surface area contributed by atoms with Gasteiger partial charge in [-0.3, -0.25) is 0 Å². The number of aromatic nitrogens is 1. The van der Waals surface area contributed by atoms with E-state index in [4.69, 9.17) is 5.11 Å². The Hall–Kier alpha value is -1.05. The quantitative estimate of drug-likeness (QED) is 0.637. The van der Waals surface area contributed by atoms with Crippen LogP contribution in [-0.4, -0.2) is 10.1 Å². The van der Waals surface area contributed by atoms with Crippen LogP contribution >= 0.6 is 0 Å². The van der Waals surface area contributed by atoms with Crippen molar-refractivity contribution in [3.8, 4) is 5.88 Å². The fraction of sp³-hybridized carbons (Fsp3) is 0.250. The van der Waals surface area contributed by atoms with Crippen molar-refractivity contribution in [2.45, 2.75) is 12.8 Å². The molecule has 0 aliphatic heterocycles. The lowest BCUT2D eigenvalue weighted by atomic mass is 10.1. The van der Waals surface area contributed by atoms with E-state index in [1.54, 1.807) is 12.3 Å². The number of rotatable bonds is 1. The topological polar surface area (TPSA) is 33.1 Å². The van der Waals surface area contributed by atoms with Gasteiger partial charge < -0.3 is 5.11 Å². The molecule has 0 saturated carbocycles. The van der Waals surface area contributed by atoms with Crippen LogP contribution < -0.4 is 0 Å². The summed E-state index contributed by atoms with van der Waals surface area (Å²) in [4.78, 5) is 3.72. The SMILES string of the molecule is [CH2]C(C)c1cccnc1O. The molecule has 0 bridgehead atoms. The van der Waals surface area contributed by atoms with Gasteiger partial charge in [-0.25, -0.2) is 4.98 Å². The minimum absolute atomic E-state index is 0.0880. The van der Waals surface area contributed by atoms with Gasteiger partial charge in [0.05, 0.1) is 0 Å². The highest BCUT2D eigenvalue weighted by Gasteiger charge is 2.03. The van der Waals surface area contributed by atoms with E-state index in [1.165, 1.54) is 0 Å². The lowest BCUT2D eigenvalue weighted by Crippen LogP contribution is -1.88. The van der Waals surface area contributed by atoms with Gasteiger partial charge in [0.15, 0.2) is 0 Å². The minimum atomic E-state index is 0.0880. The molecule has 0 spiro atoms. The molecular formula is C8H10NO. The van der Waals surface area contributed by atoms with E-state index in [1.807, 2.05) is 13.0 Å². The van der Waals surface area contributed by atoms with Gasteiger partial charge in [-0.2, -0.15) is 0 Å². The van der Waals surface area contributed by atoms with Crippen LogP contribution in [0.4, 0.5) is 0 Å². The van der Waals surface area contributed by atoms with Crippen LogP contribution in [-0.2, 0) is 0 Å². The summed E-state index contributed by atoms with van der Waals surface area (Å²) in [6, 6.07) is 3.61. The molecule has 1 atom stereocenters. The molecule has 1 N–H and O–H groups in total. The molecule has 1 rings (SSSR count). The van der Waals surface area contributed by atoms with Gasteiger partial charge in [-0.1, -0.05) is 13.0 Å². The fourth-order valence-corrected chi connectivity index (χ4v) is 0.794. The van der Waals surface area contributed by atoms with Gasteiger partial charge in [0.25, 0.3) is 0 Å². The van der Waals surface area contributed by atoms with Crippen LogP contribution in [0.25, 0.3) is 0 Å². The maximum Gasteiger partial charge on any atom is 0.214 e. The highest BCUT2D eigenvalue weighted by atomic mass is 16.3. The van der Waals surface area contributed by atoms with Crippen molar-refractivity contribution in [3.63, 3.8) is 0 Å². The van der Waals surface area contributed by atoms with Gasteiger partial charge in [-0.05, 0) is 18.9 Å². The summed E-state index contributed by atoms with van der Waals surface area (Å²) in [6.07, 6.45) is 1.56. The third-order valence-corrected chi connectivity index (χ3v) is 1.35. The predicted molar refractivity (Wildman–Crippen MR) is 39.7 cm³/mol. The zero-order valence-electron chi connectivity index (χ0n) is 5.91. The molecule has 1 unspecified atom stereocenters. The number of hydrogen-bond acceptors (Lipinski definition) is 2. The zero-order chi connectivity index (χ0) is 7.56.